The van der Waals surface area contributed by atoms with Crippen LogP contribution in [0.1, 0.15) is 26.3 Å². The van der Waals surface area contributed by atoms with Gasteiger partial charge in [-0.1, -0.05) is 30.3 Å². The van der Waals surface area contributed by atoms with E-state index in [1.165, 1.54) is 12.1 Å². The summed E-state index contributed by atoms with van der Waals surface area (Å²) in [6, 6.07) is 21.6. The van der Waals surface area contributed by atoms with E-state index in [0.29, 0.717) is 22.8 Å². The van der Waals surface area contributed by atoms with Gasteiger partial charge in [0.1, 0.15) is 11.4 Å². The minimum atomic E-state index is -4.03. The number of carbonyl (C=O) groups excluding carboxylic acids is 1. The maximum atomic E-state index is 13.0. The number of nitrogens with two attached hydrogens (primary N) is 1. The highest BCUT2D eigenvalue weighted by atomic mass is 32.2. The van der Waals surface area contributed by atoms with Crippen LogP contribution in [0.2, 0.25) is 0 Å². The Kier molecular flexibility index (Phi) is 7.73. The molecule has 0 radical (unpaired) electrons. The lowest BCUT2D eigenvalue weighted by molar-refractivity contribution is 0.0636. The Bertz CT molecular complexity index is 1600. The summed E-state index contributed by atoms with van der Waals surface area (Å²) >= 11 is 0. The van der Waals surface area contributed by atoms with Crippen molar-refractivity contribution < 1.29 is 22.7 Å². The third-order valence-electron chi connectivity index (χ3n) is 5.24. The monoisotopic (exact) mass is 547 g/mol. The lowest BCUT2D eigenvalue weighted by Gasteiger charge is -2.19. The summed E-state index contributed by atoms with van der Waals surface area (Å²) in [7, 11) is -4.03. The second kappa shape index (κ2) is 11.0. The molecule has 0 aliphatic heterocycles. The number of nitrogen functional groups attached to an aromatic ring is 1. The van der Waals surface area contributed by atoms with Gasteiger partial charge in [-0.2, -0.15) is 4.98 Å². The number of ether oxygens (including phenoxy) is 2. The van der Waals surface area contributed by atoms with Crippen LogP contribution in [-0.2, 0) is 14.8 Å². The van der Waals surface area contributed by atoms with Crippen LogP contribution < -0.4 is 20.5 Å². The summed E-state index contributed by atoms with van der Waals surface area (Å²) < 4.78 is 39.7. The molecule has 0 aliphatic carbocycles. The smallest absolute Gasteiger partial charge is 0.412 e. The second-order valence-corrected chi connectivity index (χ2v) is 11.3. The van der Waals surface area contributed by atoms with E-state index in [4.69, 9.17) is 15.2 Å². The standard InChI is InChI=1S/C28H29N5O5S/c1-18-8-5-6-11-23(18)24-17-25(32-26(31-24)33-39(35,36)22-10-7-9-19(29)16-22)37-21-14-12-20(13-15-21)30-27(34)38-28(2,3)4/h5-17H,29H2,1-4H3,(H,30,34)(H,31,32,33). The molecular weight excluding hydrogens is 518 g/mol. The summed E-state index contributed by atoms with van der Waals surface area (Å²) in [4.78, 5) is 20.7. The largest absolute Gasteiger partial charge is 0.444 e. The molecule has 202 valence electrons. The number of rotatable bonds is 7. The Morgan fingerprint density at radius 1 is 0.923 bits per heavy atom. The minimum Gasteiger partial charge on any atom is -0.444 e. The van der Waals surface area contributed by atoms with Gasteiger partial charge in [-0.15, -0.1) is 0 Å². The zero-order chi connectivity index (χ0) is 28.2. The van der Waals surface area contributed by atoms with Crippen molar-refractivity contribution in [3.63, 3.8) is 0 Å². The fourth-order valence-electron chi connectivity index (χ4n) is 3.53. The first-order chi connectivity index (χ1) is 18.4. The number of aryl methyl sites for hydroxylation is 1. The summed E-state index contributed by atoms with van der Waals surface area (Å²) in [5, 5.41) is 2.65. The Morgan fingerprint density at radius 3 is 2.31 bits per heavy atom. The van der Waals surface area contributed by atoms with E-state index < -0.39 is 21.7 Å². The van der Waals surface area contributed by atoms with Gasteiger partial charge in [-0.3, -0.25) is 5.32 Å². The van der Waals surface area contributed by atoms with Gasteiger partial charge in [0.2, 0.25) is 11.8 Å². The molecule has 1 aromatic heterocycles. The van der Waals surface area contributed by atoms with E-state index in [0.717, 1.165) is 11.1 Å². The number of sulfonamides is 1. The molecule has 0 bridgehead atoms. The Morgan fingerprint density at radius 2 is 1.64 bits per heavy atom. The normalized spacial score (nSPS) is 11.5. The summed E-state index contributed by atoms with van der Waals surface area (Å²) in [5.74, 6) is 0.349. The van der Waals surface area contributed by atoms with Crippen LogP contribution in [0.3, 0.4) is 0 Å². The molecule has 0 aliphatic rings. The number of aromatic nitrogens is 2. The molecule has 0 saturated heterocycles. The second-order valence-electron chi connectivity index (χ2n) is 9.66. The van der Waals surface area contributed by atoms with Crippen molar-refractivity contribution in [2.45, 2.75) is 38.2 Å². The SMILES string of the molecule is Cc1ccccc1-c1cc(Oc2ccc(NC(=O)OC(C)(C)C)cc2)nc(NS(=O)(=O)c2cccc(N)c2)n1. The average molecular weight is 548 g/mol. The molecule has 0 unspecified atom stereocenters. The third kappa shape index (κ3) is 7.45. The first-order valence-electron chi connectivity index (χ1n) is 12.0. The van der Waals surface area contributed by atoms with Crippen LogP contribution in [0.25, 0.3) is 11.3 Å². The van der Waals surface area contributed by atoms with Crippen LogP contribution in [0.4, 0.5) is 22.1 Å². The number of carbonyl (C=O) groups is 1. The topological polar surface area (TPSA) is 146 Å². The average Bonchev–Trinajstić information content (AvgIpc) is 2.84. The third-order valence-corrected chi connectivity index (χ3v) is 6.57. The van der Waals surface area contributed by atoms with E-state index in [-0.39, 0.29) is 16.7 Å². The molecule has 11 heteroatoms. The lowest BCUT2D eigenvalue weighted by atomic mass is 10.1. The van der Waals surface area contributed by atoms with Gasteiger partial charge in [-0.05, 0) is 75.7 Å². The Labute approximate surface area is 227 Å². The molecule has 4 N–H and O–H groups in total. The molecule has 0 spiro atoms. The number of nitrogens with zero attached hydrogens (tertiary/aromatic N) is 2. The number of nitrogens with one attached hydrogen (secondary N) is 2. The minimum absolute atomic E-state index is 0.0251. The maximum Gasteiger partial charge on any atom is 0.412 e. The number of anilines is 3. The summed E-state index contributed by atoms with van der Waals surface area (Å²) in [6.45, 7) is 7.26. The molecule has 0 fully saturated rings. The maximum absolute atomic E-state index is 13.0. The molecule has 1 amide bonds. The number of benzene rings is 3. The van der Waals surface area contributed by atoms with Crippen LogP contribution in [0.15, 0.2) is 83.8 Å². The summed E-state index contributed by atoms with van der Waals surface area (Å²) in [6.07, 6.45) is -0.577. The van der Waals surface area contributed by atoms with Gasteiger partial charge < -0.3 is 15.2 Å². The van der Waals surface area contributed by atoms with E-state index >= 15 is 0 Å². The van der Waals surface area contributed by atoms with Crippen molar-refractivity contribution in [3.05, 3.63) is 84.4 Å². The van der Waals surface area contributed by atoms with Crippen LogP contribution in [0, 0.1) is 6.92 Å². The number of hydrogen-bond donors (Lipinski definition) is 3. The first kappa shape index (κ1) is 27.4. The fraction of sp³-hybridized carbons (Fsp3) is 0.179. The molecule has 39 heavy (non-hydrogen) atoms. The van der Waals surface area contributed by atoms with Gasteiger partial charge in [0, 0.05) is 23.0 Å². The first-order valence-corrected chi connectivity index (χ1v) is 13.5. The van der Waals surface area contributed by atoms with E-state index in [9.17, 15) is 13.2 Å². The summed E-state index contributed by atoms with van der Waals surface area (Å²) in [5.41, 5.74) is 8.14. The van der Waals surface area contributed by atoms with Gasteiger partial charge in [0.05, 0.1) is 10.6 Å². The number of hydrogen-bond acceptors (Lipinski definition) is 8. The van der Waals surface area contributed by atoms with Crippen molar-refractivity contribution in [1.29, 1.82) is 0 Å². The van der Waals surface area contributed by atoms with Crippen molar-refractivity contribution in [3.8, 4) is 22.9 Å². The van der Waals surface area contributed by atoms with Crippen LogP contribution in [0.5, 0.6) is 11.6 Å². The predicted octanol–water partition coefficient (Wildman–Crippen LogP) is 5.97. The highest BCUT2D eigenvalue weighted by Crippen LogP contribution is 2.29. The highest BCUT2D eigenvalue weighted by molar-refractivity contribution is 7.92. The van der Waals surface area contributed by atoms with E-state index in [2.05, 4.69) is 20.0 Å². The molecule has 0 saturated carbocycles. The number of amides is 1. The Balaban J connectivity index is 1.63. The molecule has 0 atom stereocenters. The van der Waals surface area contributed by atoms with E-state index in [1.807, 2.05) is 31.2 Å². The fourth-order valence-corrected chi connectivity index (χ4v) is 4.53. The predicted molar refractivity (Wildman–Crippen MR) is 150 cm³/mol. The molecule has 1 heterocycles. The van der Waals surface area contributed by atoms with Crippen molar-refractivity contribution in [2.75, 3.05) is 15.8 Å². The van der Waals surface area contributed by atoms with Gasteiger partial charge >= 0.3 is 6.09 Å². The van der Waals surface area contributed by atoms with Gasteiger partial charge in [0.15, 0.2) is 0 Å². The highest BCUT2D eigenvalue weighted by Gasteiger charge is 2.19. The van der Waals surface area contributed by atoms with Crippen LogP contribution >= 0.6 is 0 Å². The van der Waals surface area contributed by atoms with Crippen molar-refractivity contribution in [2.24, 2.45) is 0 Å². The van der Waals surface area contributed by atoms with Gasteiger partial charge in [0.25, 0.3) is 10.0 Å². The molecular formula is C28H29N5O5S. The molecule has 3 aromatic carbocycles. The Hall–Kier alpha value is -4.64. The van der Waals surface area contributed by atoms with Crippen LogP contribution in [-0.4, -0.2) is 30.1 Å². The molecule has 4 rings (SSSR count). The molecule has 10 nitrogen and oxygen atoms in total. The van der Waals surface area contributed by atoms with Crippen molar-refractivity contribution >= 4 is 33.4 Å². The van der Waals surface area contributed by atoms with Crippen molar-refractivity contribution in [1.82, 2.24) is 9.97 Å². The van der Waals surface area contributed by atoms with E-state index in [1.54, 1.807) is 63.2 Å². The zero-order valence-electron chi connectivity index (χ0n) is 21.9. The zero-order valence-corrected chi connectivity index (χ0v) is 22.7. The quantitative estimate of drug-likeness (QED) is 0.240. The van der Waals surface area contributed by atoms with Gasteiger partial charge in [-0.25, -0.2) is 22.9 Å². The molecule has 4 aromatic rings. The lowest BCUT2D eigenvalue weighted by Crippen LogP contribution is -2.27.